The second kappa shape index (κ2) is 12.1. The molecule has 0 spiro atoms. The molecule has 8 nitrogen and oxygen atoms in total. The summed E-state index contributed by atoms with van der Waals surface area (Å²) in [6.45, 7) is 16.8. The van der Waals surface area contributed by atoms with Gasteiger partial charge in [0.1, 0.15) is 23.4 Å². The van der Waals surface area contributed by atoms with Gasteiger partial charge >= 0.3 is 6.09 Å². The number of phenolic OH excluding ortho intramolecular Hbond substituents is 1. The monoisotopic (exact) mass is 477 g/mol. The number of nitrogens with zero attached hydrogens (tertiary/aromatic N) is 1. The van der Waals surface area contributed by atoms with Crippen molar-refractivity contribution in [3.8, 4) is 5.75 Å². The largest absolute Gasteiger partial charge is 0.508 e. The van der Waals surface area contributed by atoms with Crippen LogP contribution in [0, 0.1) is 5.92 Å². The minimum atomic E-state index is -1.09. The zero-order valence-corrected chi connectivity index (χ0v) is 22.2. The first-order valence-corrected chi connectivity index (χ1v) is 12.0. The summed E-state index contributed by atoms with van der Waals surface area (Å²) in [7, 11) is 0. The van der Waals surface area contributed by atoms with Crippen LogP contribution in [0.1, 0.15) is 86.8 Å². The third-order valence-electron chi connectivity index (χ3n) is 5.13. The van der Waals surface area contributed by atoms with Gasteiger partial charge in [-0.25, -0.2) is 4.79 Å². The summed E-state index contributed by atoms with van der Waals surface area (Å²) in [6.07, 6.45) is 0.982. The van der Waals surface area contributed by atoms with Crippen LogP contribution < -0.4 is 10.6 Å². The fourth-order valence-corrected chi connectivity index (χ4v) is 3.54. The molecule has 0 fully saturated rings. The molecule has 3 amide bonds. The van der Waals surface area contributed by atoms with E-state index in [0.717, 1.165) is 12.8 Å². The highest BCUT2D eigenvalue weighted by Crippen LogP contribution is 2.34. The van der Waals surface area contributed by atoms with E-state index < -0.39 is 41.1 Å². The van der Waals surface area contributed by atoms with Gasteiger partial charge in [-0.05, 0) is 59.9 Å². The molecule has 3 N–H and O–H groups in total. The summed E-state index contributed by atoms with van der Waals surface area (Å²) in [4.78, 5) is 41.4. The normalized spacial score (nSPS) is 13.7. The van der Waals surface area contributed by atoms with E-state index in [0.29, 0.717) is 12.1 Å². The summed E-state index contributed by atoms with van der Waals surface area (Å²) in [5, 5.41) is 16.2. The number of carbonyl (C=O) groups excluding carboxylic acids is 3. The number of unbranched alkanes of at least 4 members (excludes halogenated alkanes) is 1. The number of alkyl carbamates (subject to hydrolysis) is 1. The summed E-state index contributed by atoms with van der Waals surface area (Å²) in [5.74, 6) is -1.19. The molecule has 0 aliphatic rings. The number of hydrogen-bond donors (Lipinski definition) is 3. The molecule has 0 aliphatic heterocycles. The van der Waals surface area contributed by atoms with Gasteiger partial charge in [-0.15, -0.1) is 0 Å². The van der Waals surface area contributed by atoms with Gasteiger partial charge in [-0.2, -0.15) is 0 Å². The maximum absolute atomic E-state index is 14.0. The Morgan fingerprint density at radius 2 is 1.65 bits per heavy atom. The van der Waals surface area contributed by atoms with Crippen LogP contribution in [0.25, 0.3) is 0 Å². The van der Waals surface area contributed by atoms with Gasteiger partial charge in [0.05, 0.1) is 0 Å². The molecule has 0 heterocycles. The molecule has 2 unspecified atom stereocenters. The van der Waals surface area contributed by atoms with Gasteiger partial charge in [0, 0.05) is 17.6 Å². The number of phenols is 1. The van der Waals surface area contributed by atoms with Gasteiger partial charge in [-0.1, -0.05) is 45.4 Å². The van der Waals surface area contributed by atoms with Gasteiger partial charge in [0.15, 0.2) is 0 Å². The average Bonchev–Trinajstić information content (AvgIpc) is 2.68. The lowest BCUT2D eigenvalue weighted by atomic mass is 9.92. The van der Waals surface area contributed by atoms with Crippen LogP contribution in [0.4, 0.5) is 4.79 Å². The fraction of sp³-hybridized carbons (Fsp3) is 0.654. The predicted octanol–water partition coefficient (Wildman–Crippen LogP) is 4.53. The van der Waals surface area contributed by atoms with Crippen LogP contribution >= 0.6 is 0 Å². The lowest BCUT2D eigenvalue weighted by molar-refractivity contribution is -0.149. The summed E-state index contributed by atoms with van der Waals surface area (Å²) in [6, 6.07) is 4.47. The predicted molar refractivity (Wildman–Crippen MR) is 133 cm³/mol. The van der Waals surface area contributed by atoms with E-state index in [1.807, 2.05) is 41.5 Å². The molecule has 192 valence electrons. The Kier molecular flexibility index (Phi) is 10.4. The topological polar surface area (TPSA) is 108 Å². The van der Waals surface area contributed by atoms with E-state index >= 15 is 0 Å². The molecular weight excluding hydrogens is 434 g/mol. The molecule has 1 aromatic rings. The van der Waals surface area contributed by atoms with Crippen molar-refractivity contribution in [3.63, 3.8) is 0 Å². The minimum Gasteiger partial charge on any atom is -0.508 e. The highest BCUT2D eigenvalue weighted by atomic mass is 16.6. The Morgan fingerprint density at radius 3 is 2.12 bits per heavy atom. The first-order chi connectivity index (χ1) is 15.6. The molecule has 0 aromatic heterocycles. The number of ether oxygens (including phenoxy) is 1. The Morgan fingerprint density at radius 1 is 1.06 bits per heavy atom. The Labute approximate surface area is 204 Å². The maximum Gasteiger partial charge on any atom is 0.408 e. The van der Waals surface area contributed by atoms with E-state index in [-0.39, 0.29) is 11.7 Å². The smallest absolute Gasteiger partial charge is 0.408 e. The Hall–Kier alpha value is -2.77. The van der Waals surface area contributed by atoms with Crippen molar-refractivity contribution in [2.45, 2.75) is 98.4 Å². The number of nitrogens with one attached hydrogen (secondary N) is 2. The third kappa shape index (κ3) is 8.54. The molecule has 0 aliphatic carbocycles. The van der Waals surface area contributed by atoms with Crippen molar-refractivity contribution >= 4 is 17.9 Å². The summed E-state index contributed by atoms with van der Waals surface area (Å²) < 4.78 is 5.37. The number of carbonyl (C=O) groups is 3. The number of rotatable bonds is 9. The quantitative estimate of drug-likeness (QED) is 0.453. The van der Waals surface area contributed by atoms with Gasteiger partial charge in [0.2, 0.25) is 11.8 Å². The molecule has 0 saturated carbocycles. The second-order valence-corrected chi connectivity index (χ2v) is 10.9. The highest BCUT2D eigenvalue weighted by molar-refractivity contribution is 5.93. The van der Waals surface area contributed by atoms with Crippen LogP contribution in [0.3, 0.4) is 0 Å². The van der Waals surface area contributed by atoms with Crippen LogP contribution in [-0.4, -0.2) is 51.6 Å². The highest BCUT2D eigenvalue weighted by Gasteiger charge is 2.43. The average molecular weight is 478 g/mol. The standard InChI is InChI=1S/C26H43N3O5/c1-10-11-16-27-22(31)21(18-14-12-13-15-19(18)30)29(25(4,5)6)23(32)20(17(2)3)28-24(33)34-26(7,8)9/h12-15,17,20-21,30H,10-11,16H2,1-9H3,(H,27,31)(H,28,33). The zero-order chi connectivity index (χ0) is 26.3. The fourth-order valence-electron chi connectivity index (χ4n) is 3.54. The SMILES string of the molecule is CCCCNC(=O)C(c1ccccc1O)N(C(=O)C(NC(=O)OC(C)(C)C)C(C)C)C(C)(C)C. The molecular formula is C26H43N3O5. The molecule has 0 saturated heterocycles. The van der Waals surface area contributed by atoms with Crippen molar-refractivity contribution in [2.75, 3.05) is 6.54 Å². The first-order valence-electron chi connectivity index (χ1n) is 12.0. The molecule has 0 radical (unpaired) electrons. The van der Waals surface area contributed by atoms with Crippen molar-refractivity contribution in [1.29, 1.82) is 0 Å². The van der Waals surface area contributed by atoms with E-state index in [1.165, 1.54) is 11.0 Å². The van der Waals surface area contributed by atoms with Gasteiger partial charge in [-0.3, -0.25) is 9.59 Å². The molecule has 1 rings (SSSR count). The van der Waals surface area contributed by atoms with Crippen LogP contribution in [0.5, 0.6) is 5.75 Å². The third-order valence-corrected chi connectivity index (χ3v) is 5.13. The van der Waals surface area contributed by atoms with Gasteiger partial charge < -0.3 is 25.4 Å². The molecule has 1 aromatic carbocycles. The van der Waals surface area contributed by atoms with Crippen molar-refractivity contribution in [1.82, 2.24) is 15.5 Å². The van der Waals surface area contributed by atoms with Crippen molar-refractivity contribution < 1.29 is 24.2 Å². The number of para-hydroxylation sites is 1. The molecule has 34 heavy (non-hydrogen) atoms. The van der Waals surface area contributed by atoms with Crippen LogP contribution in [0.2, 0.25) is 0 Å². The lowest BCUT2D eigenvalue weighted by Crippen LogP contribution is -2.59. The minimum absolute atomic E-state index is 0.0820. The van der Waals surface area contributed by atoms with Crippen molar-refractivity contribution in [2.24, 2.45) is 5.92 Å². The van der Waals surface area contributed by atoms with Gasteiger partial charge in [0.25, 0.3) is 0 Å². The lowest BCUT2D eigenvalue weighted by Gasteiger charge is -2.43. The zero-order valence-electron chi connectivity index (χ0n) is 22.2. The Balaban J connectivity index is 3.51. The molecule has 8 heteroatoms. The second-order valence-electron chi connectivity index (χ2n) is 10.9. The number of aromatic hydroxyl groups is 1. The molecule has 2 atom stereocenters. The van der Waals surface area contributed by atoms with E-state index in [4.69, 9.17) is 4.74 Å². The van der Waals surface area contributed by atoms with E-state index in [2.05, 4.69) is 10.6 Å². The van der Waals surface area contributed by atoms with Crippen LogP contribution in [0.15, 0.2) is 24.3 Å². The van der Waals surface area contributed by atoms with Crippen molar-refractivity contribution in [3.05, 3.63) is 29.8 Å². The first kappa shape index (κ1) is 29.3. The number of benzene rings is 1. The Bertz CT molecular complexity index is 840. The summed E-state index contributed by atoms with van der Waals surface area (Å²) in [5.41, 5.74) is -1.22. The van der Waals surface area contributed by atoms with E-state index in [1.54, 1.807) is 39.0 Å². The van der Waals surface area contributed by atoms with E-state index in [9.17, 15) is 19.5 Å². The maximum atomic E-state index is 14.0. The number of hydrogen-bond acceptors (Lipinski definition) is 5. The number of amides is 3. The molecule has 0 bridgehead atoms. The van der Waals surface area contributed by atoms with Crippen LogP contribution in [-0.2, 0) is 14.3 Å². The summed E-state index contributed by atoms with van der Waals surface area (Å²) >= 11 is 0.